The number of hydrogen-bond acceptors (Lipinski definition) is 5. The molecule has 1 heterocycles. The number of ether oxygens (including phenoxy) is 2. The Hall–Kier alpha value is -2.64. The molecule has 7 nitrogen and oxygen atoms in total. The number of carbonyl (C=O) groups excluding carboxylic acids is 2. The van der Waals surface area contributed by atoms with Gasteiger partial charge in [-0.3, -0.25) is 9.69 Å². The highest BCUT2D eigenvalue weighted by Crippen LogP contribution is 2.28. The number of carbonyl (C=O) groups is 3. The summed E-state index contributed by atoms with van der Waals surface area (Å²) in [6.07, 6.45) is -1.29. The standard InChI is InChI=1S/C19H24FNO6/c1-11(2)18(24)26-12(3)27-19(25)21-10-14(9-16(21)17(22)23)7-13-5-4-6-15(20)8-13/h4-6,8,11-12,14,16H,7,9-10H2,1-3H3,(H,22,23)/t12-,14-,16-/m0/s1. The Morgan fingerprint density at radius 3 is 2.56 bits per heavy atom. The summed E-state index contributed by atoms with van der Waals surface area (Å²) in [6, 6.07) is 5.04. The summed E-state index contributed by atoms with van der Waals surface area (Å²) < 4.78 is 23.4. The monoisotopic (exact) mass is 381 g/mol. The van der Waals surface area contributed by atoms with Crippen molar-refractivity contribution in [3.05, 3.63) is 35.6 Å². The quantitative estimate of drug-likeness (QED) is 0.602. The molecule has 1 aliphatic heterocycles. The fourth-order valence-electron chi connectivity index (χ4n) is 3.04. The van der Waals surface area contributed by atoms with Crippen molar-refractivity contribution in [1.82, 2.24) is 4.90 Å². The molecule has 148 valence electrons. The number of rotatable bonds is 6. The molecule has 0 saturated carbocycles. The van der Waals surface area contributed by atoms with Crippen LogP contribution in [0.1, 0.15) is 32.8 Å². The number of esters is 1. The average Bonchev–Trinajstić information content (AvgIpc) is 2.98. The highest BCUT2D eigenvalue weighted by Gasteiger charge is 2.41. The third-order valence-electron chi connectivity index (χ3n) is 4.34. The summed E-state index contributed by atoms with van der Waals surface area (Å²) in [4.78, 5) is 36.6. The third-order valence-corrected chi connectivity index (χ3v) is 4.34. The van der Waals surface area contributed by atoms with E-state index in [4.69, 9.17) is 9.47 Å². The molecule has 1 aliphatic rings. The van der Waals surface area contributed by atoms with E-state index in [2.05, 4.69) is 0 Å². The maximum atomic E-state index is 13.3. The summed E-state index contributed by atoms with van der Waals surface area (Å²) in [6.45, 7) is 4.86. The number of hydrogen-bond donors (Lipinski definition) is 1. The Morgan fingerprint density at radius 1 is 1.26 bits per heavy atom. The maximum absolute atomic E-state index is 13.3. The summed E-state index contributed by atoms with van der Waals surface area (Å²) in [7, 11) is 0. The molecule has 0 aliphatic carbocycles. The van der Waals surface area contributed by atoms with E-state index < -0.39 is 30.4 Å². The summed E-state index contributed by atoms with van der Waals surface area (Å²) in [5.74, 6) is -2.54. The zero-order valence-corrected chi connectivity index (χ0v) is 15.6. The predicted octanol–water partition coefficient (Wildman–Crippen LogP) is 2.83. The van der Waals surface area contributed by atoms with E-state index in [0.29, 0.717) is 6.42 Å². The summed E-state index contributed by atoms with van der Waals surface area (Å²) in [5.41, 5.74) is 0.735. The minimum atomic E-state index is -1.14. The van der Waals surface area contributed by atoms with Crippen LogP contribution in [0, 0.1) is 17.7 Å². The van der Waals surface area contributed by atoms with Gasteiger partial charge in [0.1, 0.15) is 11.9 Å². The molecule has 1 aromatic carbocycles. The number of benzene rings is 1. The van der Waals surface area contributed by atoms with E-state index in [1.54, 1.807) is 26.0 Å². The van der Waals surface area contributed by atoms with Crippen molar-refractivity contribution in [3.8, 4) is 0 Å². The molecule has 1 aromatic rings. The van der Waals surface area contributed by atoms with Crippen molar-refractivity contribution in [1.29, 1.82) is 0 Å². The van der Waals surface area contributed by atoms with Crippen molar-refractivity contribution in [3.63, 3.8) is 0 Å². The van der Waals surface area contributed by atoms with Crippen LogP contribution in [0.25, 0.3) is 0 Å². The van der Waals surface area contributed by atoms with Gasteiger partial charge in [0.15, 0.2) is 0 Å². The number of aliphatic carboxylic acids is 1. The molecule has 0 bridgehead atoms. The molecule has 1 fully saturated rings. The van der Waals surface area contributed by atoms with Gasteiger partial charge in [0.05, 0.1) is 5.92 Å². The molecule has 1 amide bonds. The van der Waals surface area contributed by atoms with Crippen LogP contribution in [0.4, 0.5) is 9.18 Å². The smallest absolute Gasteiger partial charge is 0.413 e. The first kappa shape index (κ1) is 20.7. The second kappa shape index (κ2) is 8.83. The van der Waals surface area contributed by atoms with Gasteiger partial charge in [0.25, 0.3) is 0 Å². The lowest BCUT2D eigenvalue weighted by molar-refractivity contribution is -0.170. The van der Waals surface area contributed by atoms with Crippen LogP contribution in [-0.2, 0) is 25.5 Å². The van der Waals surface area contributed by atoms with E-state index >= 15 is 0 Å². The number of carboxylic acid groups (broad SMARTS) is 1. The Morgan fingerprint density at radius 2 is 1.96 bits per heavy atom. The van der Waals surface area contributed by atoms with Crippen LogP contribution in [0.15, 0.2) is 24.3 Å². The number of amides is 1. The van der Waals surface area contributed by atoms with Crippen LogP contribution >= 0.6 is 0 Å². The van der Waals surface area contributed by atoms with Gasteiger partial charge in [-0.2, -0.15) is 0 Å². The van der Waals surface area contributed by atoms with Crippen molar-refractivity contribution in [2.24, 2.45) is 11.8 Å². The highest BCUT2D eigenvalue weighted by molar-refractivity contribution is 5.81. The fourth-order valence-corrected chi connectivity index (χ4v) is 3.04. The van der Waals surface area contributed by atoms with Crippen molar-refractivity contribution < 1.29 is 33.4 Å². The van der Waals surface area contributed by atoms with E-state index in [1.807, 2.05) is 0 Å². The molecule has 0 radical (unpaired) electrons. The molecule has 27 heavy (non-hydrogen) atoms. The van der Waals surface area contributed by atoms with Crippen molar-refractivity contribution in [2.75, 3.05) is 6.54 Å². The molecule has 0 spiro atoms. The van der Waals surface area contributed by atoms with Crippen LogP contribution in [0.3, 0.4) is 0 Å². The van der Waals surface area contributed by atoms with E-state index in [-0.39, 0.29) is 30.6 Å². The van der Waals surface area contributed by atoms with Gasteiger partial charge in [0, 0.05) is 13.5 Å². The van der Waals surface area contributed by atoms with E-state index in [1.165, 1.54) is 19.1 Å². The van der Waals surface area contributed by atoms with Gasteiger partial charge in [-0.1, -0.05) is 26.0 Å². The van der Waals surface area contributed by atoms with Gasteiger partial charge in [-0.05, 0) is 36.5 Å². The molecule has 3 atom stereocenters. The molecule has 1 N–H and O–H groups in total. The zero-order valence-electron chi connectivity index (χ0n) is 15.6. The molecular weight excluding hydrogens is 357 g/mol. The largest absolute Gasteiger partial charge is 0.480 e. The van der Waals surface area contributed by atoms with Gasteiger partial charge in [-0.25, -0.2) is 14.0 Å². The van der Waals surface area contributed by atoms with E-state index in [0.717, 1.165) is 10.5 Å². The van der Waals surface area contributed by atoms with Crippen molar-refractivity contribution >= 4 is 18.0 Å². The van der Waals surface area contributed by atoms with Crippen LogP contribution < -0.4 is 0 Å². The van der Waals surface area contributed by atoms with Gasteiger partial charge in [0.2, 0.25) is 6.29 Å². The maximum Gasteiger partial charge on any atom is 0.413 e. The topological polar surface area (TPSA) is 93.1 Å². The lowest BCUT2D eigenvalue weighted by Crippen LogP contribution is -2.42. The van der Waals surface area contributed by atoms with Crippen LogP contribution in [-0.4, -0.2) is 46.9 Å². The first-order valence-corrected chi connectivity index (χ1v) is 8.82. The summed E-state index contributed by atoms with van der Waals surface area (Å²) >= 11 is 0. The van der Waals surface area contributed by atoms with Gasteiger partial charge in [-0.15, -0.1) is 0 Å². The lowest BCUT2D eigenvalue weighted by Gasteiger charge is -2.23. The fraction of sp³-hybridized carbons (Fsp3) is 0.526. The second-order valence-electron chi connectivity index (χ2n) is 6.99. The molecular formula is C19H24FNO6. The normalized spacial score (nSPS) is 20.4. The second-order valence-corrected chi connectivity index (χ2v) is 6.99. The minimum Gasteiger partial charge on any atom is -0.480 e. The van der Waals surface area contributed by atoms with Crippen molar-refractivity contribution in [2.45, 2.75) is 45.9 Å². The first-order valence-electron chi connectivity index (χ1n) is 8.82. The molecule has 0 aromatic heterocycles. The number of halogens is 1. The van der Waals surface area contributed by atoms with Crippen LogP contribution in [0.5, 0.6) is 0 Å². The Labute approximate surface area is 157 Å². The Kier molecular flexibility index (Phi) is 6.76. The third kappa shape index (κ3) is 5.67. The average molecular weight is 381 g/mol. The van der Waals surface area contributed by atoms with E-state index in [9.17, 15) is 23.9 Å². The zero-order chi connectivity index (χ0) is 20.1. The number of nitrogens with zero attached hydrogens (tertiary/aromatic N) is 1. The minimum absolute atomic E-state index is 0.144. The molecule has 0 unspecified atom stereocenters. The number of likely N-dealkylation sites (tertiary alicyclic amines) is 1. The van der Waals surface area contributed by atoms with Gasteiger partial charge < -0.3 is 14.6 Å². The SMILES string of the molecule is CC(C)C(=O)O[C@H](C)OC(=O)N1C[C@@H](Cc2cccc(F)c2)C[C@H]1C(=O)O. The summed E-state index contributed by atoms with van der Waals surface area (Å²) in [5, 5.41) is 9.42. The predicted molar refractivity (Wildman–Crippen MR) is 93.2 cm³/mol. The molecule has 2 rings (SSSR count). The van der Waals surface area contributed by atoms with Crippen LogP contribution in [0.2, 0.25) is 0 Å². The lowest BCUT2D eigenvalue weighted by atomic mass is 9.97. The Balaban J connectivity index is 2.00. The Bertz CT molecular complexity index is 707. The van der Waals surface area contributed by atoms with Gasteiger partial charge >= 0.3 is 18.0 Å². The number of carboxylic acids is 1. The molecule has 8 heteroatoms. The highest BCUT2D eigenvalue weighted by atomic mass is 19.1. The first-order chi connectivity index (χ1) is 12.7. The molecule has 1 saturated heterocycles.